The molecule has 2 rings (SSSR count). The van der Waals surface area contributed by atoms with Gasteiger partial charge in [0, 0.05) is 30.9 Å². The van der Waals surface area contributed by atoms with Crippen LogP contribution in [-0.2, 0) is 6.54 Å². The van der Waals surface area contributed by atoms with E-state index in [1.807, 2.05) is 11.3 Å². The van der Waals surface area contributed by atoms with Crippen LogP contribution in [0.5, 0.6) is 0 Å². The number of anilines is 1. The molecule has 3 nitrogen and oxygen atoms in total. The summed E-state index contributed by atoms with van der Waals surface area (Å²) in [4.78, 5) is 8.77. The summed E-state index contributed by atoms with van der Waals surface area (Å²) in [6, 6.07) is 0. The topological polar surface area (TPSA) is 28.2 Å². The standard InChI is InChI=1S/C17H31N3S/c1-6-13(4)11-20(5)17-19-16(14-7-8-14)15(21-17)10-18-9-12(2)3/h12-14,18H,6-11H2,1-5H3. The molecule has 1 N–H and O–H groups in total. The Morgan fingerprint density at radius 3 is 2.62 bits per heavy atom. The average Bonchev–Trinajstić information content (AvgIpc) is 3.19. The maximum atomic E-state index is 4.96. The second kappa shape index (κ2) is 7.59. The van der Waals surface area contributed by atoms with Gasteiger partial charge in [-0.25, -0.2) is 4.98 Å². The maximum Gasteiger partial charge on any atom is 0.185 e. The van der Waals surface area contributed by atoms with Crippen molar-refractivity contribution >= 4 is 16.5 Å². The lowest BCUT2D eigenvalue weighted by molar-refractivity contribution is 0.553. The Hall–Kier alpha value is -0.610. The van der Waals surface area contributed by atoms with Crippen LogP contribution in [0, 0.1) is 11.8 Å². The van der Waals surface area contributed by atoms with Crippen molar-refractivity contribution in [1.29, 1.82) is 0 Å². The second-order valence-corrected chi connectivity index (χ2v) is 8.06. The summed E-state index contributed by atoms with van der Waals surface area (Å²) < 4.78 is 0. The zero-order valence-electron chi connectivity index (χ0n) is 14.3. The molecule has 0 saturated heterocycles. The third kappa shape index (κ3) is 4.96. The van der Waals surface area contributed by atoms with Crippen LogP contribution in [0.4, 0.5) is 5.13 Å². The number of rotatable bonds is 9. The summed E-state index contributed by atoms with van der Waals surface area (Å²) in [7, 11) is 2.19. The summed E-state index contributed by atoms with van der Waals surface area (Å²) in [6.45, 7) is 12.3. The fraction of sp³-hybridized carbons (Fsp3) is 0.824. The molecule has 1 unspecified atom stereocenters. The molecule has 120 valence electrons. The van der Waals surface area contributed by atoms with Crippen molar-refractivity contribution in [3.63, 3.8) is 0 Å². The molecule has 0 bridgehead atoms. The Balaban J connectivity index is 2.02. The predicted octanol–water partition coefficient (Wildman–Crippen LogP) is 4.25. The van der Waals surface area contributed by atoms with E-state index in [-0.39, 0.29) is 0 Å². The van der Waals surface area contributed by atoms with E-state index < -0.39 is 0 Å². The van der Waals surface area contributed by atoms with E-state index in [1.165, 1.54) is 35.0 Å². The molecule has 0 aromatic carbocycles. The molecule has 1 aromatic rings. The molecule has 1 atom stereocenters. The summed E-state index contributed by atoms with van der Waals surface area (Å²) in [6.07, 6.45) is 3.89. The van der Waals surface area contributed by atoms with E-state index in [4.69, 9.17) is 4.98 Å². The van der Waals surface area contributed by atoms with Crippen molar-refractivity contribution in [2.75, 3.05) is 25.0 Å². The largest absolute Gasteiger partial charge is 0.351 e. The Labute approximate surface area is 134 Å². The van der Waals surface area contributed by atoms with Crippen LogP contribution in [0.3, 0.4) is 0 Å². The van der Waals surface area contributed by atoms with Gasteiger partial charge in [-0.05, 0) is 31.2 Å². The van der Waals surface area contributed by atoms with Gasteiger partial charge >= 0.3 is 0 Å². The van der Waals surface area contributed by atoms with Crippen LogP contribution in [-0.4, -0.2) is 25.1 Å². The van der Waals surface area contributed by atoms with Gasteiger partial charge in [0.2, 0.25) is 0 Å². The highest BCUT2D eigenvalue weighted by atomic mass is 32.1. The minimum atomic E-state index is 0.704. The second-order valence-electron chi connectivity index (χ2n) is 7.00. The summed E-state index contributed by atoms with van der Waals surface area (Å²) in [5.41, 5.74) is 1.38. The Kier molecular flexibility index (Phi) is 6.06. The normalized spacial score (nSPS) is 16.5. The molecular formula is C17H31N3S. The fourth-order valence-corrected chi connectivity index (χ4v) is 3.55. The third-order valence-electron chi connectivity index (χ3n) is 4.13. The quantitative estimate of drug-likeness (QED) is 0.739. The highest BCUT2D eigenvalue weighted by Crippen LogP contribution is 2.44. The SMILES string of the molecule is CCC(C)CN(C)c1nc(C2CC2)c(CNCC(C)C)s1. The fourth-order valence-electron chi connectivity index (χ4n) is 2.47. The molecule has 1 aliphatic carbocycles. The Morgan fingerprint density at radius 2 is 2.05 bits per heavy atom. The van der Waals surface area contributed by atoms with Crippen molar-refractivity contribution in [2.24, 2.45) is 11.8 Å². The van der Waals surface area contributed by atoms with Crippen molar-refractivity contribution in [1.82, 2.24) is 10.3 Å². The van der Waals surface area contributed by atoms with Gasteiger partial charge in [-0.2, -0.15) is 0 Å². The minimum Gasteiger partial charge on any atom is -0.351 e. The first-order chi connectivity index (χ1) is 10.0. The monoisotopic (exact) mass is 309 g/mol. The molecule has 0 radical (unpaired) electrons. The summed E-state index contributed by atoms with van der Waals surface area (Å²) in [5, 5.41) is 4.79. The molecule has 0 spiro atoms. The van der Waals surface area contributed by atoms with E-state index in [1.54, 1.807) is 0 Å². The van der Waals surface area contributed by atoms with Gasteiger partial charge in [0.1, 0.15) is 0 Å². The number of nitrogens with one attached hydrogen (secondary N) is 1. The smallest absolute Gasteiger partial charge is 0.185 e. The molecule has 1 fully saturated rings. The summed E-state index contributed by atoms with van der Waals surface area (Å²) in [5.74, 6) is 2.17. The third-order valence-corrected chi connectivity index (χ3v) is 5.31. The van der Waals surface area contributed by atoms with Crippen molar-refractivity contribution < 1.29 is 0 Å². The van der Waals surface area contributed by atoms with Crippen molar-refractivity contribution in [3.8, 4) is 0 Å². The predicted molar refractivity (Wildman–Crippen MR) is 93.4 cm³/mol. The molecule has 1 aromatic heterocycles. The van der Waals surface area contributed by atoms with Gasteiger partial charge in [-0.15, -0.1) is 11.3 Å². The van der Waals surface area contributed by atoms with Crippen molar-refractivity contribution in [3.05, 3.63) is 10.6 Å². The zero-order valence-corrected chi connectivity index (χ0v) is 15.1. The number of thiazole rings is 1. The molecule has 1 aliphatic rings. The highest BCUT2D eigenvalue weighted by molar-refractivity contribution is 7.15. The molecule has 0 aliphatic heterocycles. The highest BCUT2D eigenvalue weighted by Gasteiger charge is 2.30. The number of aromatic nitrogens is 1. The van der Waals surface area contributed by atoms with E-state index >= 15 is 0 Å². The van der Waals surface area contributed by atoms with Crippen LogP contribution < -0.4 is 10.2 Å². The summed E-state index contributed by atoms with van der Waals surface area (Å²) >= 11 is 1.89. The molecule has 1 heterocycles. The van der Waals surface area contributed by atoms with Crippen LogP contribution in [0.2, 0.25) is 0 Å². The van der Waals surface area contributed by atoms with Crippen molar-refractivity contribution in [2.45, 2.75) is 59.4 Å². The van der Waals surface area contributed by atoms with Gasteiger partial charge in [0.05, 0.1) is 5.69 Å². The number of hydrogen-bond donors (Lipinski definition) is 1. The first kappa shape index (κ1) is 16.8. The molecule has 1 saturated carbocycles. The molecule has 4 heteroatoms. The first-order valence-corrected chi connectivity index (χ1v) is 9.24. The van der Waals surface area contributed by atoms with Gasteiger partial charge in [0.15, 0.2) is 5.13 Å². The van der Waals surface area contributed by atoms with Gasteiger partial charge in [-0.3, -0.25) is 0 Å². The number of nitrogens with zero attached hydrogens (tertiary/aromatic N) is 2. The van der Waals surface area contributed by atoms with E-state index in [0.29, 0.717) is 5.92 Å². The van der Waals surface area contributed by atoms with Crippen LogP contribution in [0.15, 0.2) is 0 Å². The lowest BCUT2D eigenvalue weighted by Gasteiger charge is -2.19. The minimum absolute atomic E-state index is 0.704. The maximum absolute atomic E-state index is 4.96. The van der Waals surface area contributed by atoms with E-state index in [2.05, 4.69) is 45.0 Å². The molecule has 21 heavy (non-hydrogen) atoms. The Morgan fingerprint density at radius 1 is 1.33 bits per heavy atom. The van der Waals surface area contributed by atoms with Gasteiger partial charge in [-0.1, -0.05) is 34.1 Å². The van der Waals surface area contributed by atoms with E-state index in [0.717, 1.165) is 31.5 Å². The van der Waals surface area contributed by atoms with Gasteiger partial charge < -0.3 is 10.2 Å². The van der Waals surface area contributed by atoms with E-state index in [9.17, 15) is 0 Å². The average molecular weight is 310 g/mol. The molecular weight excluding hydrogens is 278 g/mol. The van der Waals surface area contributed by atoms with Crippen LogP contribution in [0.1, 0.15) is 63.4 Å². The Bertz CT molecular complexity index is 437. The van der Waals surface area contributed by atoms with Gasteiger partial charge in [0.25, 0.3) is 0 Å². The number of hydrogen-bond acceptors (Lipinski definition) is 4. The zero-order chi connectivity index (χ0) is 15.4. The first-order valence-electron chi connectivity index (χ1n) is 8.42. The van der Waals surface area contributed by atoms with Crippen LogP contribution in [0.25, 0.3) is 0 Å². The van der Waals surface area contributed by atoms with Crippen LogP contribution >= 0.6 is 11.3 Å². The molecule has 0 amide bonds. The lowest BCUT2D eigenvalue weighted by Crippen LogP contribution is -2.23. The lowest BCUT2D eigenvalue weighted by atomic mass is 10.1.